The van der Waals surface area contributed by atoms with Crippen molar-refractivity contribution >= 4 is 43.1 Å². The summed E-state index contributed by atoms with van der Waals surface area (Å²) in [6, 6.07) is 29.0. The maximum Gasteiger partial charge on any atom is -0.00940 e. The van der Waals surface area contributed by atoms with E-state index in [9.17, 15) is 0 Å². The van der Waals surface area contributed by atoms with Gasteiger partial charge in [-0.2, -0.15) is 0 Å². The molecule has 0 unspecified atom stereocenters. The van der Waals surface area contributed by atoms with Crippen molar-refractivity contribution in [3.05, 3.63) is 97.1 Å². The molecule has 0 saturated heterocycles. The molecule has 0 N–H and O–H groups in total. The van der Waals surface area contributed by atoms with Crippen LogP contribution in [0, 0.1) is 0 Å². The van der Waals surface area contributed by atoms with Gasteiger partial charge in [0.15, 0.2) is 0 Å². The first-order valence-corrected chi connectivity index (χ1v) is 8.71. The highest BCUT2D eigenvalue weighted by molar-refractivity contribution is 6.08. The minimum absolute atomic E-state index is 0.904. The summed E-state index contributed by atoms with van der Waals surface area (Å²) in [5.41, 5.74) is 1.34. The predicted octanol–water partition coefficient (Wildman–Crippen LogP) is 7.03. The van der Waals surface area contributed by atoms with Gasteiger partial charge in [0.05, 0.1) is 0 Å². The maximum absolute atomic E-state index is 3.89. The lowest BCUT2D eigenvalue weighted by molar-refractivity contribution is 1.31. The van der Waals surface area contributed by atoms with Gasteiger partial charge < -0.3 is 0 Å². The first-order valence-electron chi connectivity index (χ1n) is 8.71. The first kappa shape index (κ1) is 14.2. The molecule has 118 valence electrons. The molecular weight excluding hydrogens is 300 g/mol. The number of rotatable bonds is 2. The van der Waals surface area contributed by atoms with E-state index in [1.165, 1.54) is 48.7 Å². The van der Waals surface area contributed by atoms with Crippen molar-refractivity contribution in [2.75, 3.05) is 0 Å². The van der Waals surface area contributed by atoms with Crippen LogP contribution in [0.4, 0.5) is 0 Å². The molecule has 0 fully saturated rings. The Labute approximate surface area is 147 Å². The molecule has 0 spiro atoms. The van der Waals surface area contributed by atoms with Crippen molar-refractivity contribution in [3.8, 4) is 0 Å². The monoisotopic (exact) mass is 318 g/mol. The van der Waals surface area contributed by atoms with E-state index in [1.807, 2.05) is 6.08 Å². The lowest BCUT2D eigenvalue weighted by atomic mass is 9.95. The second-order valence-corrected chi connectivity index (χ2v) is 6.73. The van der Waals surface area contributed by atoms with Gasteiger partial charge in [-0.1, -0.05) is 48.5 Å². The van der Waals surface area contributed by atoms with Crippen LogP contribution < -0.4 is 0 Å². The average molecular weight is 318 g/mol. The summed E-state index contributed by atoms with van der Waals surface area (Å²) in [5, 5.41) is 10.4. The third-order valence-corrected chi connectivity index (χ3v) is 5.11. The van der Waals surface area contributed by atoms with Crippen LogP contribution in [-0.4, -0.2) is 0 Å². The molecule has 0 radical (unpaired) electrons. The Kier molecular flexibility index (Phi) is 3.11. The molecule has 5 aromatic carbocycles. The Morgan fingerprint density at radius 1 is 0.560 bits per heavy atom. The van der Waals surface area contributed by atoms with E-state index in [1.54, 1.807) is 0 Å². The van der Waals surface area contributed by atoms with E-state index in [0.29, 0.717) is 0 Å². The molecule has 0 aliphatic rings. The molecule has 0 heteroatoms. The molecule has 0 aliphatic heterocycles. The molecule has 5 aromatic rings. The molecule has 25 heavy (non-hydrogen) atoms. The zero-order valence-corrected chi connectivity index (χ0v) is 14.0. The maximum atomic E-state index is 3.89. The molecule has 5 rings (SSSR count). The third kappa shape index (κ3) is 2.30. The van der Waals surface area contributed by atoms with E-state index in [4.69, 9.17) is 0 Å². The predicted molar refractivity (Wildman–Crippen MR) is 110 cm³/mol. The van der Waals surface area contributed by atoms with Gasteiger partial charge in [0.25, 0.3) is 0 Å². The second kappa shape index (κ2) is 5.46. The van der Waals surface area contributed by atoms with Gasteiger partial charge in [0, 0.05) is 0 Å². The van der Waals surface area contributed by atoms with Crippen LogP contribution in [0.3, 0.4) is 0 Å². The van der Waals surface area contributed by atoms with Gasteiger partial charge in [0.1, 0.15) is 0 Å². The van der Waals surface area contributed by atoms with Crippen LogP contribution >= 0.6 is 0 Å². The molecular formula is C25H18. The van der Waals surface area contributed by atoms with E-state index < -0.39 is 0 Å². The summed E-state index contributed by atoms with van der Waals surface area (Å²) in [7, 11) is 0. The fourth-order valence-electron chi connectivity index (χ4n) is 3.87. The van der Waals surface area contributed by atoms with Crippen molar-refractivity contribution in [2.45, 2.75) is 6.42 Å². The number of benzene rings is 5. The van der Waals surface area contributed by atoms with Gasteiger partial charge >= 0.3 is 0 Å². The van der Waals surface area contributed by atoms with Gasteiger partial charge in [-0.15, -0.1) is 6.58 Å². The van der Waals surface area contributed by atoms with Crippen LogP contribution in [-0.2, 0) is 6.42 Å². The highest BCUT2D eigenvalue weighted by Crippen LogP contribution is 2.31. The second-order valence-electron chi connectivity index (χ2n) is 6.73. The van der Waals surface area contributed by atoms with Crippen molar-refractivity contribution in [1.29, 1.82) is 0 Å². The molecule has 0 bridgehead atoms. The van der Waals surface area contributed by atoms with Crippen LogP contribution in [0.25, 0.3) is 43.1 Å². The minimum atomic E-state index is 0.904. The van der Waals surface area contributed by atoms with Crippen LogP contribution in [0.15, 0.2) is 91.5 Å². The first-order chi connectivity index (χ1) is 12.3. The topological polar surface area (TPSA) is 0 Å². The fourth-order valence-corrected chi connectivity index (χ4v) is 3.87. The van der Waals surface area contributed by atoms with Gasteiger partial charge in [-0.05, 0) is 91.5 Å². The largest absolute Gasteiger partial charge is 0.103 e. The summed E-state index contributed by atoms with van der Waals surface area (Å²) in [6.07, 6.45) is 2.88. The van der Waals surface area contributed by atoms with Crippen LogP contribution in [0.2, 0.25) is 0 Å². The van der Waals surface area contributed by atoms with Gasteiger partial charge in [-0.25, -0.2) is 0 Å². The Morgan fingerprint density at radius 2 is 1.08 bits per heavy atom. The average Bonchev–Trinajstić information content (AvgIpc) is 2.64. The Balaban J connectivity index is 1.86. The fraction of sp³-hybridized carbons (Fsp3) is 0.0400. The molecule has 0 amide bonds. The molecule has 0 saturated carbocycles. The van der Waals surface area contributed by atoms with Crippen molar-refractivity contribution in [1.82, 2.24) is 0 Å². The Bertz CT molecular complexity index is 1280. The molecule has 0 atom stereocenters. The standard InChI is InChI=1S/C25H18/c1-2-6-17-9-5-10-20-13-23-14-21-11-18-7-3-4-8-19(18)12-22(21)15-24(23)16-25(17)20/h2-5,7-16H,1,6H2. The summed E-state index contributed by atoms with van der Waals surface area (Å²) in [4.78, 5) is 0. The smallest absolute Gasteiger partial charge is 0.00940 e. The normalized spacial score (nSPS) is 11.5. The minimum Gasteiger partial charge on any atom is -0.103 e. The lowest BCUT2D eigenvalue weighted by Gasteiger charge is -2.09. The Morgan fingerprint density at radius 3 is 1.72 bits per heavy atom. The van der Waals surface area contributed by atoms with Crippen LogP contribution in [0.1, 0.15) is 5.56 Å². The summed E-state index contributed by atoms with van der Waals surface area (Å²) < 4.78 is 0. The van der Waals surface area contributed by atoms with E-state index in [2.05, 4.69) is 85.4 Å². The SMILES string of the molecule is C=CCc1cccc2cc3cc4cc5ccccc5cc4cc3cc12. The highest BCUT2D eigenvalue weighted by Gasteiger charge is 2.05. The number of fused-ring (bicyclic) bond motifs is 4. The number of hydrogen-bond donors (Lipinski definition) is 0. The molecule has 0 heterocycles. The van der Waals surface area contributed by atoms with Crippen molar-refractivity contribution in [3.63, 3.8) is 0 Å². The molecule has 0 nitrogen and oxygen atoms in total. The van der Waals surface area contributed by atoms with Gasteiger partial charge in [0.2, 0.25) is 0 Å². The summed E-state index contributed by atoms with van der Waals surface area (Å²) in [5.74, 6) is 0. The third-order valence-electron chi connectivity index (χ3n) is 5.11. The van der Waals surface area contributed by atoms with Crippen molar-refractivity contribution in [2.24, 2.45) is 0 Å². The van der Waals surface area contributed by atoms with Gasteiger partial charge in [-0.3, -0.25) is 0 Å². The summed E-state index contributed by atoms with van der Waals surface area (Å²) >= 11 is 0. The lowest BCUT2D eigenvalue weighted by Crippen LogP contribution is -1.85. The van der Waals surface area contributed by atoms with E-state index in [-0.39, 0.29) is 0 Å². The number of hydrogen-bond acceptors (Lipinski definition) is 0. The Hall–Kier alpha value is -3.12. The quantitative estimate of drug-likeness (QED) is 0.242. The molecule has 0 aliphatic carbocycles. The molecule has 0 aromatic heterocycles. The zero-order chi connectivity index (χ0) is 16.8. The highest BCUT2D eigenvalue weighted by atomic mass is 14.1. The number of allylic oxidation sites excluding steroid dienone is 1. The van der Waals surface area contributed by atoms with E-state index in [0.717, 1.165) is 6.42 Å². The van der Waals surface area contributed by atoms with Crippen molar-refractivity contribution < 1.29 is 0 Å². The van der Waals surface area contributed by atoms with Crippen LogP contribution in [0.5, 0.6) is 0 Å². The van der Waals surface area contributed by atoms with E-state index >= 15 is 0 Å². The zero-order valence-electron chi connectivity index (χ0n) is 14.0. The summed E-state index contributed by atoms with van der Waals surface area (Å²) in [6.45, 7) is 3.89.